The molecule has 0 amide bonds. The fourth-order valence-electron chi connectivity index (χ4n) is 4.14. The first kappa shape index (κ1) is 25.2. The van der Waals surface area contributed by atoms with Gasteiger partial charge in [0.1, 0.15) is 15.7 Å². The number of hydrogen-bond acceptors (Lipinski definition) is 3. The summed E-state index contributed by atoms with van der Waals surface area (Å²) in [6.45, 7) is 9.94. The van der Waals surface area contributed by atoms with Crippen molar-refractivity contribution < 1.29 is 19.4 Å². The molecule has 0 fully saturated rings. The van der Waals surface area contributed by atoms with E-state index >= 15 is 0 Å². The summed E-state index contributed by atoms with van der Waals surface area (Å²) in [7, 11) is 16.7. The third-order valence-electron chi connectivity index (χ3n) is 7.67. The molecule has 0 bridgehead atoms. The maximum atomic E-state index is 12.4. The van der Waals surface area contributed by atoms with Crippen LogP contribution >= 0.6 is 0 Å². The van der Waals surface area contributed by atoms with Crippen LogP contribution in [0.25, 0.3) is 0 Å². The number of carboxylic acids is 1. The number of carbonyl (C=O) groups excluding carboxylic acids is 1. The second-order valence-electron chi connectivity index (χ2n) is 9.84. The third-order valence-corrected chi connectivity index (χ3v) is 7.67. The SMILES string of the molecule is BC(=C)C(B)([C@H](C(=O)O)[C@H](C)C(=O)OCC)C(B)(B)C(B)(B)C(B)(B)C. The van der Waals surface area contributed by atoms with E-state index in [1.54, 1.807) is 13.8 Å². The average molecular weight is 351 g/mol. The van der Waals surface area contributed by atoms with Gasteiger partial charge in [-0.2, -0.15) is 0 Å². The quantitative estimate of drug-likeness (QED) is 0.334. The molecule has 26 heavy (non-hydrogen) atoms. The Morgan fingerprint density at radius 2 is 1.50 bits per heavy atom. The van der Waals surface area contributed by atoms with Crippen molar-refractivity contribution in [1.29, 1.82) is 0 Å². The standard InChI is InChI=1S/C14H32B8O4/c1-5-26-10(25)6(2)8(9(23)24)12(18,7(3)15)14(21,22)13(19,20)11(4,16)17/h6,8H,3,5,15-22H2,1-2,4H3,(H,23,24)/t6-,8-,12?/m0/s1. The molecule has 136 valence electrons. The van der Waals surface area contributed by atoms with E-state index in [0.717, 1.165) is 5.47 Å². The second-order valence-corrected chi connectivity index (χ2v) is 9.84. The Morgan fingerprint density at radius 1 is 1.08 bits per heavy atom. The molecule has 0 aliphatic rings. The van der Waals surface area contributed by atoms with Gasteiger partial charge in [-0.05, 0) is 12.2 Å². The van der Waals surface area contributed by atoms with Gasteiger partial charge in [-0.1, -0.05) is 24.3 Å². The summed E-state index contributed by atoms with van der Waals surface area (Å²) in [5.41, 5.74) is 0.767. The summed E-state index contributed by atoms with van der Waals surface area (Å²) in [5.74, 6) is -3.18. The third kappa shape index (κ3) is 4.04. The van der Waals surface area contributed by atoms with Crippen molar-refractivity contribution in [1.82, 2.24) is 0 Å². The van der Waals surface area contributed by atoms with Crippen LogP contribution in [0.4, 0.5) is 0 Å². The van der Waals surface area contributed by atoms with E-state index in [9.17, 15) is 14.7 Å². The Bertz CT molecular complexity index is 572. The number of aliphatic carboxylic acids is 1. The van der Waals surface area contributed by atoms with Gasteiger partial charge in [-0.3, -0.25) is 9.59 Å². The molecule has 0 aromatic heterocycles. The molecule has 1 N–H and O–H groups in total. The minimum absolute atomic E-state index is 0.0799. The maximum Gasteiger partial charge on any atom is 0.309 e. The van der Waals surface area contributed by atoms with Gasteiger partial charge in [-0.25, -0.2) is 0 Å². The monoisotopic (exact) mass is 352 g/mol. The molecule has 0 aromatic rings. The molecule has 4 nitrogen and oxygen atoms in total. The fraction of sp³-hybridized carbons (Fsp3) is 0.714. The molecule has 0 saturated carbocycles. The van der Waals surface area contributed by atoms with Crippen molar-refractivity contribution >= 4 is 74.7 Å². The molecular formula is C14H32B8O4. The van der Waals surface area contributed by atoms with E-state index in [1.807, 2.05) is 15.7 Å². The number of carbonyl (C=O) groups is 2. The van der Waals surface area contributed by atoms with Crippen LogP contribution in [-0.2, 0) is 14.3 Å². The number of ether oxygens (including phenoxy) is 1. The van der Waals surface area contributed by atoms with Crippen LogP contribution in [0.5, 0.6) is 0 Å². The van der Waals surface area contributed by atoms with Gasteiger partial charge >= 0.3 is 11.9 Å². The van der Waals surface area contributed by atoms with Crippen LogP contribution < -0.4 is 0 Å². The fourth-order valence-corrected chi connectivity index (χ4v) is 4.14. The van der Waals surface area contributed by atoms with E-state index in [4.69, 9.17) is 4.74 Å². The zero-order chi connectivity index (χ0) is 21.3. The largest absolute Gasteiger partial charge is 0.481 e. The lowest BCUT2D eigenvalue weighted by molar-refractivity contribution is -0.158. The molecule has 3 atom stereocenters. The number of allylic oxidation sites excluding steroid dienone is 1. The highest BCUT2D eigenvalue weighted by molar-refractivity contribution is 6.63. The highest BCUT2D eigenvalue weighted by Crippen LogP contribution is 2.70. The van der Waals surface area contributed by atoms with Gasteiger partial charge in [0.05, 0.1) is 65.5 Å². The minimum Gasteiger partial charge on any atom is -0.481 e. The summed E-state index contributed by atoms with van der Waals surface area (Å²) in [5, 5.41) is 8.53. The number of hydrogen-bond donors (Lipinski definition) is 1. The molecule has 0 spiro atoms. The zero-order valence-corrected chi connectivity index (χ0v) is 18.7. The van der Waals surface area contributed by atoms with Gasteiger partial charge in [0.2, 0.25) is 0 Å². The van der Waals surface area contributed by atoms with E-state index in [-0.39, 0.29) is 17.0 Å². The smallest absolute Gasteiger partial charge is 0.309 e. The van der Waals surface area contributed by atoms with Crippen molar-refractivity contribution in [2.75, 3.05) is 6.61 Å². The average Bonchev–Trinajstić information content (AvgIpc) is 2.44. The van der Waals surface area contributed by atoms with Crippen LogP contribution in [0.1, 0.15) is 20.8 Å². The summed E-state index contributed by atoms with van der Waals surface area (Å²) in [6.07, 6.45) is 0. The van der Waals surface area contributed by atoms with Gasteiger partial charge in [0, 0.05) is 0 Å². The Morgan fingerprint density at radius 3 is 1.77 bits per heavy atom. The molecule has 0 heterocycles. The minimum atomic E-state index is -0.992. The summed E-state index contributed by atoms with van der Waals surface area (Å²) >= 11 is 0. The number of carboxylic acid groups (broad SMARTS) is 1. The molecule has 0 saturated heterocycles. The first-order valence-corrected chi connectivity index (χ1v) is 9.46. The topological polar surface area (TPSA) is 63.6 Å². The van der Waals surface area contributed by atoms with Crippen LogP contribution in [0, 0.1) is 11.8 Å². The summed E-state index contributed by atoms with van der Waals surface area (Å²) in [4.78, 5) is 24.8. The van der Waals surface area contributed by atoms with Gasteiger partial charge < -0.3 is 9.84 Å². The molecule has 1 unspecified atom stereocenters. The predicted molar refractivity (Wildman–Crippen MR) is 131 cm³/mol. The molecule has 12 heteroatoms. The Kier molecular flexibility index (Phi) is 7.81. The van der Waals surface area contributed by atoms with Gasteiger partial charge in [-0.15, -0.1) is 17.3 Å². The lowest BCUT2D eigenvalue weighted by atomic mass is 9.11. The molecule has 0 radical (unpaired) electrons. The Hall–Kier alpha value is -0.801. The first-order valence-electron chi connectivity index (χ1n) is 9.46. The van der Waals surface area contributed by atoms with Crippen molar-refractivity contribution in [3.63, 3.8) is 0 Å². The lowest BCUT2D eigenvalue weighted by Gasteiger charge is -2.63. The molecule has 0 aromatic carbocycles. The number of rotatable bonds is 9. The Labute approximate surface area is 166 Å². The second kappa shape index (κ2) is 8.06. The zero-order valence-electron chi connectivity index (χ0n) is 18.7. The van der Waals surface area contributed by atoms with E-state index in [2.05, 4.69) is 60.6 Å². The number of esters is 1. The molecular weight excluding hydrogens is 319 g/mol. The predicted octanol–water partition coefficient (Wildman–Crippen LogP) is -5.01. The van der Waals surface area contributed by atoms with E-state index in [1.165, 1.54) is 0 Å². The Balaban J connectivity index is 6.64. The van der Waals surface area contributed by atoms with Gasteiger partial charge in [0.25, 0.3) is 0 Å². The first-order chi connectivity index (χ1) is 11.4. The summed E-state index contributed by atoms with van der Waals surface area (Å²) in [6, 6.07) is 0. The lowest BCUT2D eigenvalue weighted by Crippen LogP contribution is -2.54. The van der Waals surface area contributed by atoms with Crippen LogP contribution in [0.15, 0.2) is 12.1 Å². The maximum absolute atomic E-state index is 12.4. The van der Waals surface area contributed by atoms with E-state index in [0.29, 0.717) is 0 Å². The van der Waals surface area contributed by atoms with Crippen molar-refractivity contribution in [2.45, 2.75) is 41.7 Å². The van der Waals surface area contributed by atoms with Crippen LogP contribution in [0.3, 0.4) is 0 Å². The normalized spacial score (nSPS) is 17.5. The van der Waals surface area contributed by atoms with Crippen molar-refractivity contribution in [2.24, 2.45) is 11.8 Å². The summed E-state index contributed by atoms with van der Waals surface area (Å²) < 4.78 is 5.14. The van der Waals surface area contributed by atoms with Crippen LogP contribution in [0.2, 0.25) is 21.0 Å². The molecule has 0 aliphatic carbocycles. The van der Waals surface area contributed by atoms with E-state index < -0.39 is 34.3 Å². The highest BCUT2D eigenvalue weighted by atomic mass is 16.5. The molecule has 0 rings (SSSR count). The molecule has 0 aliphatic heterocycles. The van der Waals surface area contributed by atoms with Crippen molar-refractivity contribution in [3.05, 3.63) is 12.1 Å². The van der Waals surface area contributed by atoms with Gasteiger partial charge in [0.15, 0.2) is 0 Å². The van der Waals surface area contributed by atoms with Crippen molar-refractivity contribution in [3.8, 4) is 0 Å². The van der Waals surface area contributed by atoms with Crippen LogP contribution in [-0.4, -0.2) is 86.4 Å². The highest BCUT2D eigenvalue weighted by Gasteiger charge is 2.59.